The fourth-order valence-corrected chi connectivity index (χ4v) is 1.81. The Bertz CT molecular complexity index is 328. The SMILES string of the molecule is CCSc1nc(NN)nc(N(CC)CC)n1. The van der Waals surface area contributed by atoms with Crippen molar-refractivity contribution in [1.82, 2.24) is 15.0 Å². The quantitative estimate of drug-likeness (QED) is 0.439. The van der Waals surface area contributed by atoms with Gasteiger partial charge in [0, 0.05) is 13.1 Å². The van der Waals surface area contributed by atoms with Crippen LogP contribution in [0.3, 0.4) is 0 Å². The number of nitrogens with one attached hydrogen (secondary N) is 1. The minimum absolute atomic E-state index is 0.410. The maximum Gasteiger partial charge on any atom is 0.242 e. The van der Waals surface area contributed by atoms with E-state index in [1.165, 1.54) is 0 Å². The third-order valence-corrected chi connectivity index (χ3v) is 2.78. The van der Waals surface area contributed by atoms with E-state index in [-0.39, 0.29) is 0 Å². The summed E-state index contributed by atoms with van der Waals surface area (Å²) >= 11 is 1.57. The second-order valence-electron chi connectivity index (χ2n) is 2.99. The van der Waals surface area contributed by atoms with Crippen LogP contribution < -0.4 is 16.2 Å². The molecule has 0 aromatic carbocycles. The topological polar surface area (TPSA) is 80.0 Å². The summed E-state index contributed by atoms with van der Waals surface area (Å²) in [6, 6.07) is 0. The molecule has 3 N–H and O–H groups in total. The Balaban J connectivity index is 3.02. The van der Waals surface area contributed by atoms with Gasteiger partial charge in [0.15, 0.2) is 5.16 Å². The third kappa shape index (κ3) is 3.21. The summed E-state index contributed by atoms with van der Waals surface area (Å²) in [7, 11) is 0. The second-order valence-corrected chi connectivity index (χ2v) is 4.22. The highest BCUT2D eigenvalue weighted by atomic mass is 32.2. The number of nitrogen functional groups attached to an aromatic ring is 1. The number of nitrogens with zero attached hydrogens (tertiary/aromatic N) is 4. The molecule has 0 radical (unpaired) electrons. The van der Waals surface area contributed by atoms with E-state index in [1.807, 2.05) is 0 Å². The van der Waals surface area contributed by atoms with Gasteiger partial charge in [-0.25, -0.2) is 5.84 Å². The van der Waals surface area contributed by atoms with Gasteiger partial charge >= 0.3 is 0 Å². The van der Waals surface area contributed by atoms with Crippen LogP contribution >= 0.6 is 11.8 Å². The van der Waals surface area contributed by atoms with Crippen LogP contribution in [0.5, 0.6) is 0 Å². The van der Waals surface area contributed by atoms with Gasteiger partial charge in [-0.05, 0) is 19.6 Å². The van der Waals surface area contributed by atoms with Crippen LogP contribution in [0.4, 0.5) is 11.9 Å². The van der Waals surface area contributed by atoms with Gasteiger partial charge in [0.2, 0.25) is 11.9 Å². The lowest BCUT2D eigenvalue weighted by Crippen LogP contribution is -2.25. The number of anilines is 2. The molecule has 90 valence electrons. The van der Waals surface area contributed by atoms with Crippen molar-refractivity contribution >= 4 is 23.7 Å². The standard InChI is InChI=1S/C9H18N6S/c1-4-15(5-2)8-11-7(14-10)12-9(13-8)16-6-3/h4-6,10H2,1-3H3,(H,11,12,13,14). The molecule has 0 spiro atoms. The number of hydrogen-bond donors (Lipinski definition) is 2. The number of thioether (sulfide) groups is 1. The third-order valence-electron chi connectivity index (χ3n) is 2.05. The molecule has 0 bridgehead atoms. The molecule has 1 aromatic heterocycles. The van der Waals surface area contributed by atoms with Crippen LogP contribution in [0.25, 0.3) is 0 Å². The highest BCUT2D eigenvalue weighted by Gasteiger charge is 2.10. The zero-order valence-corrected chi connectivity index (χ0v) is 10.7. The van der Waals surface area contributed by atoms with Crippen molar-refractivity contribution in [3.8, 4) is 0 Å². The summed E-state index contributed by atoms with van der Waals surface area (Å²) in [5.41, 5.74) is 2.47. The van der Waals surface area contributed by atoms with Gasteiger partial charge in [-0.15, -0.1) is 0 Å². The van der Waals surface area contributed by atoms with E-state index in [9.17, 15) is 0 Å². The van der Waals surface area contributed by atoms with Gasteiger partial charge in [0.1, 0.15) is 0 Å². The first-order valence-electron chi connectivity index (χ1n) is 5.35. The van der Waals surface area contributed by atoms with Crippen molar-refractivity contribution < 1.29 is 0 Å². The molecule has 0 fully saturated rings. The normalized spacial score (nSPS) is 10.2. The summed E-state index contributed by atoms with van der Waals surface area (Å²) in [5.74, 6) is 7.34. The van der Waals surface area contributed by atoms with E-state index in [1.54, 1.807) is 11.8 Å². The molecular weight excluding hydrogens is 224 g/mol. The molecule has 0 aliphatic rings. The average Bonchev–Trinajstić information content (AvgIpc) is 2.31. The maximum atomic E-state index is 5.34. The van der Waals surface area contributed by atoms with E-state index in [2.05, 4.69) is 46.0 Å². The zero-order chi connectivity index (χ0) is 12.0. The molecule has 16 heavy (non-hydrogen) atoms. The van der Waals surface area contributed by atoms with Crippen molar-refractivity contribution in [3.05, 3.63) is 0 Å². The van der Waals surface area contributed by atoms with E-state index in [4.69, 9.17) is 5.84 Å². The zero-order valence-electron chi connectivity index (χ0n) is 9.90. The van der Waals surface area contributed by atoms with Crippen molar-refractivity contribution in [2.24, 2.45) is 5.84 Å². The van der Waals surface area contributed by atoms with Crippen LogP contribution in [-0.4, -0.2) is 33.8 Å². The highest BCUT2D eigenvalue weighted by Crippen LogP contribution is 2.17. The van der Waals surface area contributed by atoms with E-state index in [0.29, 0.717) is 17.1 Å². The summed E-state index contributed by atoms with van der Waals surface area (Å²) in [4.78, 5) is 14.8. The largest absolute Gasteiger partial charge is 0.341 e. The lowest BCUT2D eigenvalue weighted by Gasteiger charge is -2.19. The Labute approximate surface area is 100 Å². The van der Waals surface area contributed by atoms with E-state index < -0.39 is 0 Å². The average molecular weight is 242 g/mol. The fourth-order valence-electron chi connectivity index (χ4n) is 1.25. The molecule has 7 heteroatoms. The molecule has 0 unspecified atom stereocenters. The van der Waals surface area contributed by atoms with Crippen molar-refractivity contribution in [1.29, 1.82) is 0 Å². The smallest absolute Gasteiger partial charge is 0.242 e. The number of rotatable bonds is 6. The number of nitrogens with two attached hydrogens (primary N) is 1. The van der Waals surface area contributed by atoms with E-state index in [0.717, 1.165) is 18.8 Å². The van der Waals surface area contributed by atoms with Gasteiger partial charge < -0.3 is 4.90 Å². The van der Waals surface area contributed by atoms with Crippen LogP contribution in [-0.2, 0) is 0 Å². The summed E-state index contributed by atoms with van der Waals surface area (Å²) in [5, 5.41) is 0.701. The first-order valence-corrected chi connectivity index (χ1v) is 6.34. The minimum Gasteiger partial charge on any atom is -0.341 e. The van der Waals surface area contributed by atoms with Crippen LogP contribution in [0.2, 0.25) is 0 Å². The highest BCUT2D eigenvalue weighted by molar-refractivity contribution is 7.99. The molecule has 0 saturated carbocycles. The molecule has 0 aliphatic heterocycles. The fraction of sp³-hybridized carbons (Fsp3) is 0.667. The predicted molar refractivity (Wildman–Crippen MR) is 67.6 cm³/mol. The Morgan fingerprint density at radius 2 is 1.88 bits per heavy atom. The number of hydrogen-bond acceptors (Lipinski definition) is 7. The molecule has 0 atom stereocenters. The van der Waals surface area contributed by atoms with Gasteiger partial charge in [0.05, 0.1) is 0 Å². The van der Waals surface area contributed by atoms with Gasteiger partial charge in [-0.1, -0.05) is 18.7 Å². The predicted octanol–water partition coefficient (Wildman–Crippen LogP) is 1.12. The van der Waals surface area contributed by atoms with Crippen molar-refractivity contribution in [3.63, 3.8) is 0 Å². The Morgan fingerprint density at radius 1 is 1.19 bits per heavy atom. The Morgan fingerprint density at radius 3 is 2.38 bits per heavy atom. The second kappa shape index (κ2) is 6.49. The summed E-state index contributed by atoms with van der Waals surface area (Å²) in [6.07, 6.45) is 0. The lowest BCUT2D eigenvalue weighted by molar-refractivity contribution is 0.783. The van der Waals surface area contributed by atoms with Crippen molar-refractivity contribution in [2.45, 2.75) is 25.9 Å². The molecular formula is C9H18N6S. The van der Waals surface area contributed by atoms with Gasteiger partial charge in [0.25, 0.3) is 0 Å². The number of hydrazine groups is 1. The van der Waals surface area contributed by atoms with E-state index >= 15 is 0 Å². The monoisotopic (exact) mass is 242 g/mol. The summed E-state index contributed by atoms with van der Waals surface area (Å²) in [6.45, 7) is 7.91. The molecule has 0 saturated heterocycles. The van der Waals surface area contributed by atoms with Crippen LogP contribution in [0.15, 0.2) is 5.16 Å². The van der Waals surface area contributed by atoms with Crippen LogP contribution in [0, 0.1) is 0 Å². The minimum atomic E-state index is 0.410. The molecule has 1 heterocycles. The van der Waals surface area contributed by atoms with Crippen LogP contribution in [0.1, 0.15) is 20.8 Å². The Kier molecular flexibility index (Phi) is 5.27. The molecule has 1 rings (SSSR count). The van der Waals surface area contributed by atoms with Gasteiger partial charge in [-0.2, -0.15) is 15.0 Å². The number of aromatic nitrogens is 3. The summed E-state index contributed by atoms with van der Waals surface area (Å²) < 4.78 is 0. The Hall–Kier alpha value is -1.08. The lowest BCUT2D eigenvalue weighted by atomic mass is 10.5. The first kappa shape index (κ1) is 13.0. The molecule has 0 amide bonds. The molecule has 6 nitrogen and oxygen atoms in total. The van der Waals surface area contributed by atoms with Crippen molar-refractivity contribution in [2.75, 3.05) is 29.2 Å². The molecule has 0 aliphatic carbocycles. The van der Waals surface area contributed by atoms with Gasteiger partial charge in [-0.3, -0.25) is 5.43 Å². The first-order chi connectivity index (χ1) is 7.74. The maximum absolute atomic E-state index is 5.34. The molecule has 1 aromatic rings.